The van der Waals surface area contributed by atoms with Crippen LogP contribution in [0.4, 0.5) is 17.6 Å². The van der Waals surface area contributed by atoms with E-state index in [4.69, 9.17) is 4.74 Å². The molecule has 2 aromatic rings. The molecule has 0 aliphatic heterocycles. The van der Waals surface area contributed by atoms with Crippen molar-refractivity contribution in [2.24, 2.45) is 0 Å². The van der Waals surface area contributed by atoms with Crippen molar-refractivity contribution in [3.05, 3.63) is 64.2 Å². The average Bonchev–Trinajstić information content (AvgIpc) is 2.61. The third-order valence-electron chi connectivity index (χ3n) is 3.16. The first-order valence-corrected chi connectivity index (χ1v) is 7.09. The van der Waals surface area contributed by atoms with Gasteiger partial charge in [-0.3, -0.25) is 0 Å². The molecule has 7 heteroatoms. The predicted octanol–water partition coefficient (Wildman–Crippen LogP) is 3.83. The molecule has 0 atom stereocenters. The van der Waals surface area contributed by atoms with Crippen molar-refractivity contribution in [1.82, 2.24) is 0 Å². The summed E-state index contributed by atoms with van der Waals surface area (Å²) in [6.07, 6.45) is 0. The molecule has 2 aromatic carbocycles. The molecule has 0 N–H and O–H groups in total. The van der Waals surface area contributed by atoms with Gasteiger partial charge in [-0.2, -0.15) is 0 Å². The van der Waals surface area contributed by atoms with Gasteiger partial charge in [0.1, 0.15) is 16.9 Å². The zero-order valence-corrected chi connectivity index (χ0v) is 13.3. The number of hydrogen-bond donors (Lipinski definition) is 0. The van der Waals surface area contributed by atoms with Gasteiger partial charge in [0.25, 0.3) is 0 Å². The Kier molecular flexibility index (Phi) is 5.65. The fourth-order valence-electron chi connectivity index (χ4n) is 1.93. The lowest BCUT2D eigenvalue weighted by molar-refractivity contribution is 0.0512. The van der Waals surface area contributed by atoms with Crippen molar-refractivity contribution < 1.29 is 31.8 Å². The summed E-state index contributed by atoms with van der Waals surface area (Å²) in [7, 11) is 1.46. The Hall–Kier alpha value is -3.01. The van der Waals surface area contributed by atoms with Crippen molar-refractivity contribution >= 4 is 5.97 Å². The second kappa shape index (κ2) is 7.71. The first-order valence-electron chi connectivity index (χ1n) is 7.09. The van der Waals surface area contributed by atoms with Crippen LogP contribution in [0.25, 0.3) is 0 Å². The third-order valence-corrected chi connectivity index (χ3v) is 3.16. The van der Waals surface area contributed by atoms with E-state index in [2.05, 4.69) is 10.7 Å². The molecule has 130 valence electrons. The highest BCUT2D eigenvalue weighted by Gasteiger charge is 2.29. The number of hydrogen-bond acceptors (Lipinski definition) is 3. The molecule has 0 aliphatic rings. The van der Waals surface area contributed by atoms with Gasteiger partial charge in [0.2, 0.25) is 0 Å². The van der Waals surface area contributed by atoms with Crippen LogP contribution in [-0.2, 0) is 4.74 Å². The fraction of sp³-hybridized carbons (Fsp3) is 0.167. The maximum absolute atomic E-state index is 14.0. The second-order valence-electron chi connectivity index (χ2n) is 4.70. The fourth-order valence-corrected chi connectivity index (χ4v) is 1.93. The average molecular weight is 352 g/mol. The Balaban J connectivity index is 2.49. The summed E-state index contributed by atoms with van der Waals surface area (Å²) in [5, 5.41) is 0. The Morgan fingerprint density at radius 2 is 1.52 bits per heavy atom. The Labute approximate surface area is 141 Å². The lowest BCUT2D eigenvalue weighted by Gasteiger charge is -2.08. The van der Waals surface area contributed by atoms with Gasteiger partial charge >= 0.3 is 5.97 Å². The zero-order chi connectivity index (χ0) is 18.6. The number of halogens is 4. The van der Waals surface area contributed by atoms with Crippen LogP contribution in [-0.4, -0.2) is 19.7 Å². The van der Waals surface area contributed by atoms with Crippen molar-refractivity contribution in [3.8, 4) is 17.6 Å². The Morgan fingerprint density at radius 3 is 2.00 bits per heavy atom. The highest BCUT2D eigenvalue weighted by Crippen LogP contribution is 2.24. The van der Waals surface area contributed by atoms with Crippen LogP contribution < -0.4 is 4.74 Å². The molecule has 0 aliphatic carbocycles. The lowest BCUT2D eigenvalue weighted by atomic mass is 10.1. The van der Waals surface area contributed by atoms with E-state index >= 15 is 0 Å². The molecule has 25 heavy (non-hydrogen) atoms. The molecule has 0 fully saturated rings. The predicted molar refractivity (Wildman–Crippen MR) is 81.2 cm³/mol. The number of carbonyl (C=O) groups is 1. The normalized spacial score (nSPS) is 10.0. The highest BCUT2D eigenvalue weighted by atomic mass is 19.2. The monoisotopic (exact) mass is 352 g/mol. The van der Waals surface area contributed by atoms with Gasteiger partial charge in [0, 0.05) is 5.56 Å². The van der Waals surface area contributed by atoms with E-state index in [0.717, 1.165) is 0 Å². The molecule has 0 saturated carbocycles. The largest absolute Gasteiger partial charge is 0.497 e. The number of carbonyl (C=O) groups excluding carboxylic acids is 1. The third kappa shape index (κ3) is 3.74. The first-order chi connectivity index (χ1) is 11.9. The number of rotatable bonds is 3. The van der Waals surface area contributed by atoms with E-state index in [0.29, 0.717) is 11.3 Å². The molecule has 0 spiro atoms. The maximum atomic E-state index is 14.0. The minimum Gasteiger partial charge on any atom is -0.497 e. The van der Waals surface area contributed by atoms with Crippen LogP contribution in [0.2, 0.25) is 0 Å². The Bertz CT molecular complexity index is 836. The number of ether oxygens (including phenoxy) is 2. The van der Waals surface area contributed by atoms with Crippen molar-refractivity contribution in [1.29, 1.82) is 0 Å². The summed E-state index contributed by atoms with van der Waals surface area (Å²) in [6.45, 7) is 1.18. The van der Waals surface area contributed by atoms with Gasteiger partial charge < -0.3 is 9.47 Å². The van der Waals surface area contributed by atoms with Crippen molar-refractivity contribution in [2.75, 3.05) is 13.7 Å². The molecule has 0 aromatic heterocycles. The minimum absolute atomic E-state index is 0.208. The van der Waals surface area contributed by atoms with Crippen molar-refractivity contribution in [3.63, 3.8) is 0 Å². The standard InChI is InChI=1S/C18H12F4O3/c1-3-25-18(23)13-16(21)14(19)12(15(20)17(13)22)9-6-10-4-7-11(24-2)8-5-10/h4-5,7-8H,3H2,1-2H3. The molecule has 0 bridgehead atoms. The topological polar surface area (TPSA) is 35.5 Å². The van der Waals surface area contributed by atoms with E-state index in [1.54, 1.807) is 12.1 Å². The van der Waals surface area contributed by atoms with E-state index in [9.17, 15) is 22.4 Å². The molecule has 0 saturated heterocycles. The number of methoxy groups -OCH3 is 1. The summed E-state index contributed by atoms with van der Waals surface area (Å²) in [6, 6.07) is 6.12. The molecule has 0 radical (unpaired) electrons. The lowest BCUT2D eigenvalue weighted by Crippen LogP contribution is -2.15. The van der Waals surface area contributed by atoms with E-state index in [1.807, 2.05) is 5.92 Å². The maximum Gasteiger partial charge on any atom is 0.344 e. The van der Waals surface area contributed by atoms with Gasteiger partial charge in [-0.25, -0.2) is 22.4 Å². The Morgan fingerprint density at radius 1 is 0.960 bits per heavy atom. The molecule has 0 heterocycles. The molecule has 2 rings (SSSR count). The molecule has 0 amide bonds. The van der Waals surface area contributed by atoms with Gasteiger partial charge in [0.15, 0.2) is 23.3 Å². The minimum atomic E-state index is -1.85. The molecular formula is C18H12F4O3. The van der Waals surface area contributed by atoms with Crippen LogP contribution in [0.15, 0.2) is 24.3 Å². The van der Waals surface area contributed by atoms with Gasteiger partial charge in [0.05, 0.1) is 13.7 Å². The molecule has 0 unspecified atom stereocenters. The summed E-state index contributed by atoms with van der Waals surface area (Å²) >= 11 is 0. The zero-order valence-electron chi connectivity index (χ0n) is 13.3. The first kappa shape index (κ1) is 18.3. The van der Waals surface area contributed by atoms with Crippen molar-refractivity contribution in [2.45, 2.75) is 6.92 Å². The van der Waals surface area contributed by atoms with E-state index < -0.39 is 40.4 Å². The summed E-state index contributed by atoms with van der Waals surface area (Å²) in [4.78, 5) is 11.5. The summed E-state index contributed by atoms with van der Waals surface area (Å²) in [5.41, 5.74) is -2.19. The smallest absolute Gasteiger partial charge is 0.344 e. The van der Waals surface area contributed by atoms with E-state index in [-0.39, 0.29) is 6.61 Å². The quantitative estimate of drug-likeness (QED) is 0.365. The number of benzene rings is 2. The molecule has 3 nitrogen and oxygen atoms in total. The van der Waals surface area contributed by atoms with Crippen LogP contribution in [0.1, 0.15) is 28.4 Å². The van der Waals surface area contributed by atoms with Gasteiger partial charge in [-0.1, -0.05) is 11.8 Å². The number of esters is 1. The van der Waals surface area contributed by atoms with Crippen LogP contribution >= 0.6 is 0 Å². The van der Waals surface area contributed by atoms with Gasteiger partial charge in [-0.15, -0.1) is 0 Å². The SMILES string of the molecule is CCOC(=O)c1c(F)c(F)c(C#Cc2ccc(OC)cc2)c(F)c1F. The summed E-state index contributed by atoms with van der Waals surface area (Å²) in [5.74, 6) is -3.75. The van der Waals surface area contributed by atoms with Gasteiger partial charge in [-0.05, 0) is 31.2 Å². The van der Waals surface area contributed by atoms with Crippen LogP contribution in [0, 0.1) is 35.1 Å². The highest BCUT2D eigenvalue weighted by molar-refractivity contribution is 5.90. The van der Waals surface area contributed by atoms with E-state index in [1.165, 1.54) is 26.2 Å². The van der Waals surface area contributed by atoms with Crippen LogP contribution in [0.3, 0.4) is 0 Å². The van der Waals surface area contributed by atoms with Crippen LogP contribution in [0.5, 0.6) is 5.75 Å². The second-order valence-corrected chi connectivity index (χ2v) is 4.70. The molecular weight excluding hydrogens is 340 g/mol. The summed E-state index contributed by atoms with van der Waals surface area (Å²) < 4.78 is 65.2.